The molecule has 0 rings (SSSR count). The molecule has 98 valence electrons. The van der Waals surface area contributed by atoms with E-state index < -0.39 is 0 Å². The van der Waals surface area contributed by atoms with Crippen LogP contribution in [0.15, 0.2) is 0 Å². The van der Waals surface area contributed by atoms with Crippen LogP contribution >= 0.6 is 12.6 Å². The minimum Gasteiger partial charge on any atom is -0.303 e. The van der Waals surface area contributed by atoms with Gasteiger partial charge in [0.25, 0.3) is 0 Å². The van der Waals surface area contributed by atoms with Crippen molar-refractivity contribution in [2.24, 2.45) is 0 Å². The Labute approximate surface area is 108 Å². The zero-order chi connectivity index (χ0) is 12.1. The third-order valence-corrected chi connectivity index (χ3v) is 3.35. The average molecular weight is 245 g/mol. The molecule has 0 heterocycles. The first-order valence-electron chi connectivity index (χ1n) is 7.18. The van der Waals surface area contributed by atoms with E-state index in [4.69, 9.17) is 0 Å². The summed E-state index contributed by atoms with van der Waals surface area (Å²) < 4.78 is 0. The maximum Gasteiger partial charge on any atom is -0.00184 e. The Morgan fingerprint density at radius 1 is 0.688 bits per heavy atom. The zero-order valence-electron chi connectivity index (χ0n) is 11.4. The summed E-state index contributed by atoms with van der Waals surface area (Å²) in [6, 6.07) is 0. The Morgan fingerprint density at radius 3 is 1.81 bits per heavy atom. The first-order valence-corrected chi connectivity index (χ1v) is 7.81. The molecule has 0 amide bonds. The van der Waals surface area contributed by atoms with Crippen LogP contribution in [0.3, 0.4) is 0 Å². The van der Waals surface area contributed by atoms with Crippen LogP contribution in [0.1, 0.15) is 65.2 Å². The molecule has 0 radical (unpaired) electrons. The number of hydrogen-bond donors (Lipinski definition) is 1. The molecule has 0 aliphatic rings. The van der Waals surface area contributed by atoms with E-state index in [-0.39, 0.29) is 0 Å². The van der Waals surface area contributed by atoms with Gasteiger partial charge in [-0.15, -0.1) is 0 Å². The van der Waals surface area contributed by atoms with E-state index in [1.165, 1.54) is 71.0 Å². The van der Waals surface area contributed by atoms with Gasteiger partial charge < -0.3 is 4.90 Å². The highest BCUT2D eigenvalue weighted by Crippen LogP contribution is 2.05. The summed E-state index contributed by atoms with van der Waals surface area (Å²) in [6.07, 6.45) is 10.8. The highest BCUT2D eigenvalue weighted by atomic mass is 32.1. The highest BCUT2D eigenvalue weighted by Gasteiger charge is 2.03. The maximum atomic E-state index is 4.27. The number of unbranched alkanes of at least 4 members (excludes halogenated alkanes) is 5. The largest absolute Gasteiger partial charge is 0.303 e. The Bertz CT molecular complexity index is 128. The van der Waals surface area contributed by atoms with Gasteiger partial charge in [0, 0.05) is 0 Å². The lowest BCUT2D eigenvalue weighted by Crippen LogP contribution is -2.27. The van der Waals surface area contributed by atoms with Crippen LogP contribution in [-0.2, 0) is 0 Å². The predicted molar refractivity (Wildman–Crippen MR) is 78.6 cm³/mol. The normalized spacial score (nSPS) is 11.2. The molecule has 16 heavy (non-hydrogen) atoms. The van der Waals surface area contributed by atoms with Crippen LogP contribution in [0.5, 0.6) is 0 Å². The monoisotopic (exact) mass is 245 g/mol. The number of hydrogen-bond acceptors (Lipinski definition) is 2. The second-order valence-corrected chi connectivity index (χ2v) is 5.13. The van der Waals surface area contributed by atoms with Crippen molar-refractivity contribution in [2.75, 3.05) is 25.4 Å². The molecule has 0 atom stereocenters. The summed E-state index contributed by atoms with van der Waals surface area (Å²) in [7, 11) is 0. The fourth-order valence-corrected chi connectivity index (χ4v) is 2.15. The van der Waals surface area contributed by atoms with Gasteiger partial charge in [-0.25, -0.2) is 0 Å². The summed E-state index contributed by atoms with van der Waals surface area (Å²) in [6.45, 7) is 8.46. The first kappa shape index (κ1) is 16.3. The smallest absolute Gasteiger partial charge is 0.00184 e. The summed E-state index contributed by atoms with van der Waals surface area (Å²) in [5.41, 5.74) is 0. The minimum atomic E-state index is 1.04. The van der Waals surface area contributed by atoms with E-state index in [1.54, 1.807) is 0 Å². The Hall–Kier alpha value is 0.310. The second kappa shape index (κ2) is 13.4. The molecular weight excluding hydrogens is 214 g/mol. The van der Waals surface area contributed by atoms with E-state index in [2.05, 4.69) is 31.4 Å². The topological polar surface area (TPSA) is 3.24 Å². The second-order valence-electron chi connectivity index (χ2n) is 4.69. The summed E-state index contributed by atoms with van der Waals surface area (Å²) in [5.74, 6) is 1.04. The van der Waals surface area contributed by atoms with E-state index in [1.807, 2.05) is 0 Å². The number of rotatable bonds is 12. The third-order valence-electron chi connectivity index (χ3n) is 3.04. The minimum absolute atomic E-state index is 1.04. The van der Waals surface area contributed by atoms with Crippen molar-refractivity contribution in [3.63, 3.8) is 0 Å². The SMILES string of the molecule is CCCCCCN(CCCC)CCCCS. The Morgan fingerprint density at radius 2 is 1.25 bits per heavy atom. The van der Waals surface area contributed by atoms with Crippen LogP contribution in [0.4, 0.5) is 0 Å². The van der Waals surface area contributed by atoms with Gasteiger partial charge in [-0.2, -0.15) is 12.6 Å². The van der Waals surface area contributed by atoms with Crippen LogP contribution < -0.4 is 0 Å². The van der Waals surface area contributed by atoms with Gasteiger partial charge in [-0.05, 0) is 51.1 Å². The van der Waals surface area contributed by atoms with Gasteiger partial charge in [-0.3, -0.25) is 0 Å². The summed E-state index contributed by atoms with van der Waals surface area (Å²) in [5, 5.41) is 0. The highest BCUT2D eigenvalue weighted by molar-refractivity contribution is 7.80. The number of nitrogens with zero attached hydrogens (tertiary/aromatic N) is 1. The van der Waals surface area contributed by atoms with Crippen LogP contribution in [0, 0.1) is 0 Å². The summed E-state index contributed by atoms with van der Waals surface area (Å²) >= 11 is 4.27. The van der Waals surface area contributed by atoms with Crippen molar-refractivity contribution in [2.45, 2.75) is 65.2 Å². The maximum absolute atomic E-state index is 4.27. The van der Waals surface area contributed by atoms with Gasteiger partial charge in [0.2, 0.25) is 0 Å². The Kier molecular flexibility index (Phi) is 13.6. The molecular formula is C14H31NS. The van der Waals surface area contributed by atoms with Gasteiger partial charge in [0.15, 0.2) is 0 Å². The van der Waals surface area contributed by atoms with E-state index in [9.17, 15) is 0 Å². The van der Waals surface area contributed by atoms with Crippen LogP contribution in [0.2, 0.25) is 0 Å². The van der Waals surface area contributed by atoms with Crippen molar-refractivity contribution in [1.82, 2.24) is 4.90 Å². The third kappa shape index (κ3) is 10.8. The molecule has 0 aromatic carbocycles. The molecule has 0 N–H and O–H groups in total. The van der Waals surface area contributed by atoms with E-state index in [0.717, 1.165) is 5.75 Å². The average Bonchev–Trinajstić information content (AvgIpc) is 2.31. The van der Waals surface area contributed by atoms with Crippen molar-refractivity contribution in [3.05, 3.63) is 0 Å². The van der Waals surface area contributed by atoms with E-state index in [0.29, 0.717) is 0 Å². The lowest BCUT2D eigenvalue weighted by molar-refractivity contribution is 0.259. The molecule has 0 fully saturated rings. The van der Waals surface area contributed by atoms with Gasteiger partial charge in [0.1, 0.15) is 0 Å². The molecule has 0 spiro atoms. The molecule has 0 saturated heterocycles. The molecule has 0 aliphatic heterocycles. The van der Waals surface area contributed by atoms with E-state index >= 15 is 0 Å². The Balaban J connectivity index is 3.54. The lowest BCUT2D eigenvalue weighted by Gasteiger charge is -2.21. The standard InChI is InChI=1S/C14H31NS/c1-3-5-7-8-12-15(11-6-4-2)13-9-10-14-16/h16H,3-14H2,1-2H3. The fourth-order valence-electron chi connectivity index (χ4n) is 1.93. The molecule has 0 aromatic heterocycles. The molecule has 0 unspecified atom stereocenters. The lowest BCUT2D eigenvalue weighted by atomic mass is 10.2. The van der Waals surface area contributed by atoms with Crippen molar-refractivity contribution < 1.29 is 0 Å². The van der Waals surface area contributed by atoms with Gasteiger partial charge in [0.05, 0.1) is 0 Å². The van der Waals surface area contributed by atoms with Gasteiger partial charge in [-0.1, -0.05) is 39.5 Å². The molecule has 0 saturated carbocycles. The predicted octanol–water partition coefficient (Wildman–Crippen LogP) is 4.38. The van der Waals surface area contributed by atoms with Gasteiger partial charge >= 0.3 is 0 Å². The molecule has 0 aromatic rings. The van der Waals surface area contributed by atoms with Crippen LogP contribution in [-0.4, -0.2) is 30.3 Å². The van der Waals surface area contributed by atoms with Crippen LogP contribution in [0.25, 0.3) is 0 Å². The number of thiol groups is 1. The molecule has 0 bridgehead atoms. The van der Waals surface area contributed by atoms with Crippen molar-refractivity contribution in [3.8, 4) is 0 Å². The molecule has 1 nitrogen and oxygen atoms in total. The zero-order valence-corrected chi connectivity index (χ0v) is 12.3. The van der Waals surface area contributed by atoms with Crippen molar-refractivity contribution in [1.29, 1.82) is 0 Å². The summed E-state index contributed by atoms with van der Waals surface area (Å²) in [4.78, 5) is 2.66. The molecule has 2 heteroatoms. The fraction of sp³-hybridized carbons (Fsp3) is 1.00. The first-order chi connectivity index (χ1) is 7.85. The van der Waals surface area contributed by atoms with Crippen molar-refractivity contribution >= 4 is 12.6 Å². The molecule has 0 aliphatic carbocycles. The quantitative estimate of drug-likeness (QED) is 0.394.